The number of imidazole rings is 1. The first-order chi connectivity index (χ1) is 14.9. The van der Waals surface area contributed by atoms with Crippen molar-refractivity contribution in [2.75, 3.05) is 17.8 Å². The lowest BCUT2D eigenvalue weighted by molar-refractivity contribution is -0.991. The number of hydrogen-bond acceptors (Lipinski definition) is 12. The average molecular weight is 432 g/mol. The first-order valence-corrected chi connectivity index (χ1v) is 9.14. The van der Waals surface area contributed by atoms with Crippen molar-refractivity contribution < 1.29 is 30.5 Å². The number of fused-ring (bicyclic) bond motifs is 1. The van der Waals surface area contributed by atoms with Gasteiger partial charge >= 0.3 is 0 Å². The molecule has 5 atom stereocenters. The second-order valence-corrected chi connectivity index (χ2v) is 6.76. The number of nitrogens with two attached hydrogens (primary N) is 1. The zero-order chi connectivity index (χ0) is 22.1. The molecule has 3 aromatic rings. The monoisotopic (exact) mass is 432 g/mol. The van der Waals surface area contributed by atoms with Gasteiger partial charge in [-0.15, -0.1) is 0 Å². The van der Waals surface area contributed by atoms with Crippen LogP contribution in [0.4, 0.5) is 17.5 Å². The van der Waals surface area contributed by atoms with Gasteiger partial charge in [0.2, 0.25) is 5.95 Å². The van der Waals surface area contributed by atoms with Crippen molar-refractivity contribution in [2.24, 2.45) is 5.10 Å². The van der Waals surface area contributed by atoms with Crippen LogP contribution in [0.5, 0.6) is 0 Å². The highest BCUT2D eigenvalue weighted by Gasteiger charge is 2.45. The third-order valence-electron chi connectivity index (χ3n) is 4.81. The van der Waals surface area contributed by atoms with Gasteiger partial charge in [0.25, 0.3) is 0 Å². The summed E-state index contributed by atoms with van der Waals surface area (Å²) >= 11 is 0. The first-order valence-electron chi connectivity index (χ1n) is 9.14. The lowest BCUT2D eigenvalue weighted by atomic mass is 10.1. The molecular weight excluding hydrogens is 412 g/mol. The Labute approximate surface area is 174 Å². The van der Waals surface area contributed by atoms with Crippen LogP contribution < -0.4 is 16.4 Å². The average Bonchev–Trinajstić information content (AvgIpc) is 3.26. The Morgan fingerprint density at radius 3 is 2.65 bits per heavy atom. The number of anilines is 2. The molecule has 0 saturated carbocycles. The highest BCUT2D eigenvalue weighted by atomic mass is 16.8. The van der Waals surface area contributed by atoms with Crippen molar-refractivity contribution in [2.45, 2.75) is 24.5 Å². The van der Waals surface area contributed by atoms with E-state index in [0.717, 1.165) is 0 Å². The van der Waals surface area contributed by atoms with Crippen molar-refractivity contribution in [3.63, 3.8) is 0 Å². The molecule has 3 heterocycles. The van der Waals surface area contributed by atoms with E-state index >= 15 is 0 Å². The molecule has 0 aliphatic carbocycles. The number of aromatic nitrogens is 4. The summed E-state index contributed by atoms with van der Waals surface area (Å²) in [7, 11) is 0. The molecule has 1 aliphatic rings. The Morgan fingerprint density at radius 1 is 1.26 bits per heavy atom. The first kappa shape index (κ1) is 21.0. The Balaban J connectivity index is 1.66. The van der Waals surface area contributed by atoms with Gasteiger partial charge in [-0.1, -0.05) is 0 Å². The number of aliphatic hydroxyl groups excluding tert-OH is 3. The summed E-state index contributed by atoms with van der Waals surface area (Å²) in [5.41, 5.74) is 9.80. The number of hydrazone groups is 1. The topological polar surface area (TPSA) is 212 Å². The smallest absolute Gasteiger partial charge is 0.228 e. The van der Waals surface area contributed by atoms with E-state index in [2.05, 4.69) is 25.5 Å². The summed E-state index contributed by atoms with van der Waals surface area (Å²) in [5, 5.41) is 52.9. The fourth-order valence-corrected chi connectivity index (χ4v) is 3.22. The summed E-state index contributed by atoms with van der Waals surface area (Å²) in [5.74, 6) is 0.183. The summed E-state index contributed by atoms with van der Waals surface area (Å²) in [6.07, 6.45) is -2.18. The van der Waals surface area contributed by atoms with Crippen LogP contribution in [-0.4, -0.2) is 71.2 Å². The van der Waals surface area contributed by atoms with E-state index in [1.807, 2.05) is 0 Å². The molecule has 4 rings (SSSR count). The van der Waals surface area contributed by atoms with Crippen LogP contribution in [0, 0.1) is 5.21 Å². The summed E-state index contributed by atoms with van der Waals surface area (Å²) in [4.78, 5) is 12.3. The summed E-state index contributed by atoms with van der Waals surface area (Å²) in [6.45, 7) is -0.494. The molecule has 1 saturated heterocycles. The number of hydrogen-bond donors (Lipinski definition) is 7. The molecule has 1 fully saturated rings. The van der Waals surface area contributed by atoms with Crippen molar-refractivity contribution in [3.05, 3.63) is 41.4 Å². The van der Waals surface area contributed by atoms with E-state index < -0.39 is 36.4 Å². The molecular formula is C17H20N8O6. The maximum atomic E-state index is 10.9. The van der Waals surface area contributed by atoms with Crippen molar-refractivity contribution in [3.8, 4) is 0 Å². The summed E-state index contributed by atoms with van der Waals surface area (Å²) < 4.78 is 6.96. The van der Waals surface area contributed by atoms with Gasteiger partial charge in [-0.3, -0.25) is 4.57 Å². The fraction of sp³-hybridized carbons (Fsp3) is 0.294. The molecule has 14 nitrogen and oxygen atoms in total. The maximum Gasteiger partial charge on any atom is 0.228 e. The zero-order valence-corrected chi connectivity index (χ0v) is 15.9. The van der Waals surface area contributed by atoms with E-state index in [0.29, 0.717) is 5.56 Å². The Hall–Kier alpha value is -3.24. The second kappa shape index (κ2) is 8.48. The van der Waals surface area contributed by atoms with Gasteiger partial charge in [-0.25, -0.2) is 25.6 Å². The second-order valence-electron chi connectivity index (χ2n) is 6.76. The van der Waals surface area contributed by atoms with Crippen molar-refractivity contribution in [1.82, 2.24) is 19.5 Å². The molecule has 8 N–H and O–H groups in total. The lowest BCUT2D eigenvalue weighted by Crippen LogP contribution is -2.99. The fourth-order valence-electron chi connectivity index (χ4n) is 3.22. The van der Waals surface area contributed by atoms with Gasteiger partial charge in [0.15, 0.2) is 28.9 Å². The number of quaternary nitrogens is 1. The number of nitrogen functional groups attached to an aromatic ring is 1. The quantitative estimate of drug-likeness (QED) is 0.165. The number of nitrogens with one attached hydrogen (secondary N) is 2. The number of rotatable bonds is 6. The van der Waals surface area contributed by atoms with Gasteiger partial charge in [-0.05, 0) is 17.7 Å². The van der Waals surface area contributed by atoms with Crippen LogP contribution in [-0.2, 0) is 4.74 Å². The number of benzene rings is 1. The maximum absolute atomic E-state index is 10.9. The standard InChI is InChI=1S/C17H20N8O6/c18-14-11-15(20-7-19-14)24(16-13(28)12(27)10(6-26)31-16)17(22-11)23-21-5-8-1-3-9(4-2-8)25(29)30/h1-5,7,10,12-13,16,25-29H,6H2,(H,22,23)(H2,18,19,20)/t10-,12+,13+,16+/m0/s1. The van der Waals surface area contributed by atoms with E-state index in [9.17, 15) is 20.5 Å². The highest BCUT2D eigenvalue weighted by molar-refractivity contribution is 5.84. The lowest BCUT2D eigenvalue weighted by Gasteiger charge is -2.18. The highest BCUT2D eigenvalue weighted by Crippen LogP contribution is 2.35. The molecule has 14 heteroatoms. The zero-order valence-electron chi connectivity index (χ0n) is 15.9. The van der Waals surface area contributed by atoms with Crippen molar-refractivity contribution >= 4 is 34.8 Å². The Kier molecular flexibility index (Phi) is 5.75. The molecule has 0 amide bonds. The predicted octanol–water partition coefficient (Wildman–Crippen LogP) is -2.13. The van der Waals surface area contributed by atoms with Crippen LogP contribution in [0.1, 0.15) is 11.8 Å². The number of aliphatic hydroxyl groups is 3. The van der Waals surface area contributed by atoms with Crippen LogP contribution in [0.25, 0.3) is 11.2 Å². The molecule has 0 bridgehead atoms. The number of ether oxygens (including phenoxy) is 1. The van der Waals surface area contributed by atoms with Crippen LogP contribution >= 0.6 is 0 Å². The van der Waals surface area contributed by atoms with Crippen LogP contribution in [0.15, 0.2) is 35.7 Å². The third kappa shape index (κ3) is 3.91. The summed E-state index contributed by atoms with van der Waals surface area (Å²) in [6, 6.07) is 6.03. The van der Waals surface area contributed by atoms with E-state index in [1.165, 1.54) is 29.2 Å². The largest absolute Gasteiger partial charge is 0.595 e. The van der Waals surface area contributed by atoms with Gasteiger partial charge in [0.1, 0.15) is 24.6 Å². The Bertz CT molecular complexity index is 1090. The SMILES string of the molecule is Nc1ncnc2c1nc(NN=Cc1ccc([NH+]([O-])O)cc1)n2[C@@H]1O[C@@H](CO)[C@@H](O)[C@H]1O. The van der Waals surface area contributed by atoms with E-state index in [1.54, 1.807) is 12.1 Å². The predicted molar refractivity (Wildman–Crippen MR) is 106 cm³/mol. The molecule has 1 aromatic carbocycles. The van der Waals surface area contributed by atoms with E-state index in [4.69, 9.17) is 15.7 Å². The van der Waals surface area contributed by atoms with Gasteiger partial charge in [0.05, 0.1) is 12.8 Å². The van der Waals surface area contributed by atoms with Crippen LogP contribution in [0.2, 0.25) is 0 Å². The van der Waals surface area contributed by atoms with Crippen molar-refractivity contribution in [1.29, 1.82) is 0 Å². The molecule has 2 aromatic heterocycles. The minimum Gasteiger partial charge on any atom is -0.595 e. The van der Waals surface area contributed by atoms with E-state index in [-0.39, 0.29) is 28.6 Å². The van der Waals surface area contributed by atoms with Crippen LogP contribution in [0.3, 0.4) is 0 Å². The molecule has 1 unspecified atom stereocenters. The van der Waals surface area contributed by atoms with Gasteiger partial charge in [-0.2, -0.15) is 10.3 Å². The minimum absolute atomic E-state index is 0.0896. The molecule has 0 radical (unpaired) electrons. The molecule has 1 aliphatic heterocycles. The molecule has 164 valence electrons. The Morgan fingerprint density at radius 2 is 2.00 bits per heavy atom. The third-order valence-corrected chi connectivity index (χ3v) is 4.81. The normalized spacial score (nSPS) is 24.8. The van der Waals surface area contributed by atoms with Gasteiger partial charge in [0, 0.05) is 12.1 Å². The van der Waals surface area contributed by atoms with Gasteiger partial charge < -0.3 is 31.0 Å². The molecule has 0 spiro atoms. The molecule has 31 heavy (non-hydrogen) atoms. The number of nitrogens with zero attached hydrogens (tertiary/aromatic N) is 5. The minimum atomic E-state index is -1.38.